The number of nitrogens with one attached hydrogen (secondary N) is 2. The summed E-state index contributed by atoms with van der Waals surface area (Å²) in [6.45, 7) is 1.56. The van der Waals surface area contributed by atoms with Gasteiger partial charge in [0.15, 0.2) is 11.5 Å². The number of esters is 1. The van der Waals surface area contributed by atoms with Crippen LogP contribution < -0.4 is 20.5 Å². The van der Waals surface area contributed by atoms with Crippen LogP contribution in [0.5, 0.6) is 11.5 Å². The fourth-order valence-electron chi connectivity index (χ4n) is 1.97. The van der Waals surface area contributed by atoms with Crippen molar-refractivity contribution in [2.45, 2.75) is 19.8 Å². The van der Waals surface area contributed by atoms with E-state index in [1.807, 2.05) is 0 Å². The topological polar surface area (TPSA) is 119 Å². The number of nitrogens with zero attached hydrogens (tertiary/aromatic N) is 3. The number of rotatable bonds is 6. The van der Waals surface area contributed by atoms with Crippen molar-refractivity contribution in [2.24, 2.45) is 11.0 Å². The average molecular weight is 343 g/mol. The second kappa shape index (κ2) is 7.12. The van der Waals surface area contributed by atoms with Gasteiger partial charge in [-0.15, -0.1) is 10.2 Å². The summed E-state index contributed by atoms with van der Waals surface area (Å²) in [7, 11) is 1.50. The van der Waals surface area contributed by atoms with Crippen molar-refractivity contribution >= 4 is 18.1 Å². The fourth-order valence-corrected chi connectivity index (χ4v) is 1.97. The number of benzene rings is 1. The van der Waals surface area contributed by atoms with E-state index in [4.69, 9.17) is 9.47 Å². The number of ether oxygens (including phenoxy) is 2. The van der Waals surface area contributed by atoms with E-state index in [1.165, 1.54) is 13.3 Å². The highest BCUT2D eigenvalue weighted by Crippen LogP contribution is 2.34. The Morgan fingerprint density at radius 1 is 1.36 bits per heavy atom. The zero-order valence-electron chi connectivity index (χ0n) is 13.8. The molecule has 0 unspecified atom stereocenters. The molecule has 1 saturated carbocycles. The van der Waals surface area contributed by atoms with Gasteiger partial charge < -0.3 is 9.47 Å². The molecule has 1 aliphatic rings. The highest BCUT2D eigenvalue weighted by atomic mass is 16.6. The van der Waals surface area contributed by atoms with E-state index in [1.54, 1.807) is 25.1 Å². The quantitative estimate of drug-likeness (QED) is 0.350. The maximum atomic E-state index is 11.8. The summed E-state index contributed by atoms with van der Waals surface area (Å²) in [5, 5.41) is 11.4. The first kappa shape index (κ1) is 16.6. The number of aromatic amines is 1. The van der Waals surface area contributed by atoms with Crippen LogP contribution in [0.25, 0.3) is 0 Å². The average Bonchev–Trinajstić information content (AvgIpc) is 3.44. The molecule has 0 amide bonds. The Morgan fingerprint density at radius 2 is 2.16 bits per heavy atom. The molecule has 2 N–H and O–H groups in total. The second-order valence-electron chi connectivity index (χ2n) is 5.56. The third-order valence-electron chi connectivity index (χ3n) is 3.55. The van der Waals surface area contributed by atoms with Crippen molar-refractivity contribution in [3.8, 4) is 11.5 Å². The van der Waals surface area contributed by atoms with E-state index >= 15 is 0 Å². The Bertz CT molecular complexity index is 873. The number of methoxy groups -OCH3 is 1. The first-order chi connectivity index (χ1) is 12.1. The number of carbonyl (C=O) groups excluding carboxylic acids is 1. The molecule has 9 heteroatoms. The fraction of sp³-hybridized carbons (Fsp3) is 0.312. The van der Waals surface area contributed by atoms with Crippen LogP contribution in [-0.4, -0.2) is 34.5 Å². The van der Waals surface area contributed by atoms with Gasteiger partial charge in [0.2, 0.25) is 5.95 Å². The summed E-state index contributed by atoms with van der Waals surface area (Å²) in [6, 6.07) is 5.06. The van der Waals surface area contributed by atoms with Gasteiger partial charge in [-0.25, -0.2) is 5.43 Å². The Morgan fingerprint density at radius 3 is 2.84 bits per heavy atom. The van der Waals surface area contributed by atoms with Gasteiger partial charge >= 0.3 is 5.97 Å². The minimum Gasteiger partial charge on any atom is -0.493 e. The van der Waals surface area contributed by atoms with Crippen molar-refractivity contribution in [1.82, 2.24) is 15.2 Å². The van der Waals surface area contributed by atoms with Crippen LogP contribution >= 0.6 is 0 Å². The lowest BCUT2D eigenvalue weighted by atomic mass is 10.2. The number of anilines is 1. The van der Waals surface area contributed by atoms with Crippen LogP contribution in [0.15, 0.2) is 28.1 Å². The molecule has 2 aromatic rings. The van der Waals surface area contributed by atoms with E-state index in [0.717, 1.165) is 12.8 Å². The lowest BCUT2D eigenvalue weighted by molar-refractivity contribution is -0.135. The van der Waals surface area contributed by atoms with E-state index in [-0.39, 0.29) is 29.1 Å². The maximum absolute atomic E-state index is 11.8. The predicted octanol–water partition coefficient (Wildman–Crippen LogP) is 1.24. The molecule has 1 aromatic heterocycles. The molecule has 0 aliphatic heterocycles. The standard InChI is InChI=1S/C16H17N5O4/c1-9-14(22)18-16(21-19-9)20-17-8-10-3-6-12(13(7-10)24-2)25-15(23)11-4-5-11/h3,6-8,11H,4-5H2,1-2H3,(H2,18,20,21,22)/b17-8-. The lowest BCUT2D eigenvalue weighted by Crippen LogP contribution is -2.15. The largest absolute Gasteiger partial charge is 0.493 e. The number of aryl methyl sites for hydroxylation is 1. The van der Waals surface area contributed by atoms with E-state index in [9.17, 15) is 9.59 Å². The highest BCUT2D eigenvalue weighted by molar-refractivity contribution is 5.82. The van der Waals surface area contributed by atoms with Crippen LogP contribution in [0.3, 0.4) is 0 Å². The molecule has 1 aliphatic carbocycles. The number of carbonyl (C=O) groups is 1. The summed E-state index contributed by atoms with van der Waals surface area (Å²) in [5.41, 5.74) is 3.23. The van der Waals surface area contributed by atoms with Crippen molar-refractivity contribution in [3.05, 3.63) is 39.8 Å². The molecule has 0 saturated heterocycles. The summed E-state index contributed by atoms with van der Waals surface area (Å²) in [6.07, 6.45) is 3.26. The molecular formula is C16H17N5O4. The van der Waals surface area contributed by atoms with E-state index in [2.05, 4.69) is 25.7 Å². The highest BCUT2D eigenvalue weighted by Gasteiger charge is 2.32. The van der Waals surface area contributed by atoms with Gasteiger partial charge in [0, 0.05) is 0 Å². The van der Waals surface area contributed by atoms with Crippen molar-refractivity contribution in [3.63, 3.8) is 0 Å². The molecule has 9 nitrogen and oxygen atoms in total. The zero-order valence-corrected chi connectivity index (χ0v) is 13.8. The number of aromatic nitrogens is 3. The number of H-pyrrole nitrogens is 1. The van der Waals surface area contributed by atoms with Gasteiger partial charge in [-0.2, -0.15) is 5.10 Å². The first-order valence-electron chi connectivity index (χ1n) is 7.69. The molecule has 0 spiro atoms. The lowest BCUT2D eigenvalue weighted by Gasteiger charge is -2.09. The normalized spacial score (nSPS) is 13.7. The molecule has 130 valence electrons. The minimum atomic E-state index is -0.337. The molecule has 0 atom stereocenters. The van der Waals surface area contributed by atoms with E-state index in [0.29, 0.717) is 17.1 Å². The smallest absolute Gasteiger partial charge is 0.314 e. The first-order valence-corrected chi connectivity index (χ1v) is 7.69. The Hall–Kier alpha value is -3.23. The van der Waals surface area contributed by atoms with Crippen molar-refractivity contribution in [1.29, 1.82) is 0 Å². The maximum Gasteiger partial charge on any atom is 0.314 e. The summed E-state index contributed by atoms with van der Waals surface area (Å²) >= 11 is 0. The SMILES string of the molecule is COc1cc(/C=N\Nc2nnc(C)c(=O)[nH]2)ccc1OC(=O)C1CC1. The van der Waals surface area contributed by atoms with Crippen molar-refractivity contribution < 1.29 is 14.3 Å². The van der Waals surface area contributed by atoms with Crippen LogP contribution in [0.2, 0.25) is 0 Å². The number of hydrazone groups is 1. The summed E-state index contributed by atoms with van der Waals surface area (Å²) < 4.78 is 10.6. The molecule has 25 heavy (non-hydrogen) atoms. The minimum absolute atomic E-state index is 0.00733. The third-order valence-corrected chi connectivity index (χ3v) is 3.55. The zero-order chi connectivity index (χ0) is 17.8. The van der Waals surface area contributed by atoms with Crippen molar-refractivity contribution in [2.75, 3.05) is 12.5 Å². The molecule has 1 heterocycles. The Balaban J connectivity index is 1.68. The molecule has 0 radical (unpaired) electrons. The molecule has 0 bridgehead atoms. The second-order valence-corrected chi connectivity index (χ2v) is 5.56. The summed E-state index contributed by atoms with van der Waals surface area (Å²) in [5.74, 6) is 0.713. The van der Waals surface area contributed by atoms with E-state index < -0.39 is 0 Å². The molecule has 3 rings (SSSR count). The summed E-state index contributed by atoms with van der Waals surface area (Å²) in [4.78, 5) is 25.7. The van der Waals surface area contributed by atoms with Gasteiger partial charge in [-0.3, -0.25) is 14.6 Å². The molecule has 1 aromatic carbocycles. The van der Waals surface area contributed by atoms with Crippen LogP contribution in [0.4, 0.5) is 5.95 Å². The number of hydrogen-bond acceptors (Lipinski definition) is 8. The van der Waals surface area contributed by atoms with Crippen LogP contribution in [-0.2, 0) is 4.79 Å². The molecule has 1 fully saturated rings. The van der Waals surface area contributed by atoms with Crippen LogP contribution in [0, 0.1) is 12.8 Å². The Labute approximate surface area is 143 Å². The van der Waals surface area contributed by atoms with Gasteiger partial charge in [0.1, 0.15) is 5.69 Å². The van der Waals surface area contributed by atoms with Gasteiger partial charge in [-0.05, 0) is 43.5 Å². The number of hydrogen-bond donors (Lipinski definition) is 2. The molecular weight excluding hydrogens is 326 g/mol. The van der Waals surface area contributed by atoms with Gasteiger partial charge in [0.05, 0.1) is 19.2 Å². The monoisotopic (exact) mass is 343 g/mol. The third kappa shape index (κ3) is 4.19. The Kier molecular flexibility index (Phi) is 4.73. The van der Waals surface area contributed by atoms with Crippen LogP contribution in [0.1, 0.15) is 24.1 Å². The van der Waals surface area contributed by atoms with Gasteiger partial charge in [0.25, 0.3) is 5.56 Å². The predicted molar refractivity (Wildman–Crippen MR) is 90.0 cm³/mol. The van der Waals surface area contributed by atoms with Gasteiger partial charge in [-0.1, -0.05) is 0 Å².